The maximum atomic E-state index is 6.26. The Morgan fingerprint density at radius 2 is 2.16 bits per heavy atom. The van der Waals surface area contributed by atoms with Crippen LogP contribution in [-0.2, 0) is 7.05 Å². The summed E-state index contributed by atoms with van der Waals surface area (Å²) in [5.41, 5.74) is 7.39. The number of likely N-dealkylation sites (tertiary alicyclic amines) is 1. The van der Waals surface area contributed by atoms with Gasteiger partial charge in [-0.3, -0.25) is 4.68 Å². The van der Waals surface area contributed by atoms with Crippen LogP contribution >= 0.6 is 0 Å². The zero-order chi connectivity index (χ0) is 13.8. The standard InChI is InChI=1S/C14H27N5/c1-4-19-7-5-13(6-8-19)17(2)11-14(15)12-9-16-18(3)10-12/h9-10,13-14H,4-8,11,15H2,1-3H3. The Hall–Kier alpha value is -0.910. The fourth-order valence-electron chi connectivity index (χ4n) is 2.87. The maximum Gasteiger partial charge on any atom is 0.0537 e. The molecule has 0 saturated carbocycles. The first-order chi connectivity index (χ1) is 9.10. The van der Waals surface area contributed by atoms with Gasteiger partial charge in [-0.25, -0.2) is 0 Å². The quantitative estimate of drug-likeness (QED) is 0.857. The van der Waals surface area contributed by atoms with E-state index in [0.29, 0.717) is 6.04 Å². The molecule has 5 heteroatoms. The Bertz CT molecular complexity index is 381. The van der Waals surface area contributed by atoms with E-state index in [1.165, 1.54) is 32.5 Å². The zero-order valence-electron chi connectivity index (χ0n) is 12.4. The number of rotatable bonds is 5. The molecule has 2 N–H and O–H groups in total. The minimum absolute atomic E-state index is 0.0582. The van der Waals surface area contributed by atoms with Gasteiger partial charge in [0.05, 0.1) is 6.20 Å². The van der Waals surface area contributed by atoms with Crippen LogP contribution in [0.5, 0.6) is 0 Å². The van der Waals surface area contributed by atoms with E-state index in [9.17, 15) is 0 Å². The largest absolute Gasteiger partial charge is 0.323 e. The fourth-order valence-corrected chi connectivity index (χ4v) is 2.87. The number of nitrogens with two attached hydrogens (primary N) is 1. The van der Waals surface area contributed by atoms with Gasteiger partial charge < -0.3 is 15.5 Å². The second-order valence-electron chi connectivity index (χ2n) is 5.66. The Balaban J connectivity index is 1.82. The molecule has 1 aromatic heterocycles. The van der Waals surface area contributed by atoms with Gasteiger partial charge in [0.15, 0.2) is 0 Å². The van der Waals surface area contributed by atoms with Crippen molar-refractivity contribution in [3.8, 4) is 0 Å². The van der Waals surface area contributed by atoms with E-state index >= 15 is 0 Å². The summed E-state index contributed by atoms with van der Waals surface area (Å²) >= 11 is 0. The molecule has 0 aliphatic carbocycles. The van der Waals surface area contributed by atoms with Crippen LogP contribution in [0.15, 0.2) is 12.4 Å². The van der Waals surface area contributed by atoms with Crippen LogP contribution in [0.25, 0.3) is 0 Å². The van der Waals surface area contributed by atoms with Gasteiger partial charge >= 0.3 is 0 Å². The predicted molar refractivity (Wildman–Crippen MR) is 77.9 cm³/mol. The van der Waals surface area contributed by atoms with Gasteiger partial charge in [0, 0.05) is 37.4 Å². The van der Waals surface area contributed by atoms with Crippen molar-refractivity contribution < 1.29 is 0 Å². The number of hydrogen-bond donors (Lipinski definition) is 1. The highest BCUT2D eigenvalue weighted by Gasteiger charge is 2.23. The predicted octanol–water partition coefficient (Wildman–Crippen LogP) is 0.836. The molecule has 108 valence electrons. The van der Waals surface area contributed by atoms with Gasteiger partial charge in [0.1, 0.15) is 0 Å². The van der Waals surface area contributed by atoms with E-state index in [1.807, 2.05) is 24.1 Å². The third kappa shape index (κ3) is 3.78. The van der Waals surface area contributed by atoms with E-state index in [4.69, 9.17) is 5.73 Å². The SMILES string of the molecule is CCN1CCC(N(C)CC(N)c2cnn(C)c2)CC1. The molecule has 1 aromatic rings. The molecule has 1 aliphatic rings. The number of piperidine rings is 1. The molecule has 19 heavy (non-hydrogen) atoms. The van der Waals surface area contributed by atoms with Crippen LogP contribution < -0.4 is 5.73 Å². The number of nitrogens with zero attached hydrogens (tertiary/aromatic N) is 4. The summed E-state index contributed by atoms with van der Waals surface area (Å²) in [6.07, 6.45) is 6.39. The average Bonchev–Trinajstić information content (AvgIpc) is 2.85. The van der Waals surface area contributed by atoms with Crippen LogP contribution in [0.4, 0.5) is 0 Å². The lowest BCUT2D eigenvalue weighted by molar-refractivity contribution is 0.127. The van der Waals surface area contributed by atoms with Crippen LogP contribution in [0.3, 0.4) is 0 Å². The molecular weight excluding hydrogens is 238 g/mol. The van der Waals surface area contributed by atoms with Crippen LogP contribution in [0.1, 0.15) is 31.4 Å². The normalized spacial score (nSPS) is 20.1. The van der Waals surface area contributed by atoms with Crippen molar-refractivity contribution in [3.63, 3.8) is 0 Å². The van der Waals surface area contributed by atoms with E-state index in [1.54, 1.807) is 0 Å². The first-order valence-corrected chi connectivity index (χ1v) is 7.27. The summed E-state index contributed by atoms with van der Waals surface area (Å²) < 4.78 is 1.81. The molecule has 0 aromatic carbocycles. The van der Waals surface area contributed by atoms with Crippen LogP contribution in [0.2, 0.25) is 0 Å². The molecular formula is C14H27N5. The summed E-state index contributed by atoms with van der Waals surface area (Å²) in [5.74, 6) is 0. The zero-order valence-corrected chi connectivity index (χ0v) is 12.4. The molecule has 1 atom stereocenters. The molecule has 1 fully saturated rings. The highest BCUT2D eigenvalue weighted by Crippen LogP contribution is 2.18. The summed E-state index contributed by atoms with van der Waals surface area (Å²) in [7, 11) is 4.13. The summed E-state index contributed by atoms with van der Waals surface area (Å²) in [6, 6.07) is 0.730. The Kier molecular flexibility index (Phi) is 4.96. The van der Waals surface area contributed by atoms with Gasteiger partial charge in [0.2, 0.25) is 0 Å². The molecule has 2 rings (SSSR count). The first kappa shape index (κ1) is 14.5. The maximum absolute atomic E-state index is 6.26. The van der Waals surface area contributed by atoms with E-state index in [2.05, 4.69) is 28.9 Å². The van der Waals surface area contributed by atoms with Gasteiger partial charge in [-0.05, 0) is 39.5 Å². The second-order valence-corrected chi connectivity index (χ2v) is 5.66. The second kappa shape index (κ2) is 6.50. The lowest BCUT2D eigenvalue weighted by Crippen LogP contribution is -2.45. The Morgan fingerprint density at radius 3 is 2.68 bits per heavy atom. The molecule has 0 spiro atoms. The smallest absolute Gasteiger partial charge is 0.0537 e. The summed E-state index contributed by atoms with van der Waals surface area (Å²) in [5, 5.41) is 4.19. The van der Waals surface area contributed by atoms with Gasteiger partial charge in [-0.15, -0.1) is 0 Å². The van der Waals surface area contributed by atoms with Crippen molar-refractivity contribution in [2.24, 2.45) is 12.8 Å². The highest BCUT2D eigenvalue weighted by molar-refractivity contribution is 5.10. The van der Waals surface area contributed by atoms with Crippen molar-refractivity contribution in [1.82, 2.24) is 19.6 Å². The number of aryl methyl sites for hydroxylation is 1. The van der Waals surface area contributed by atoms with Gasteiger partial charge in [-0.2, -0.15) is 5.10 Å². The van der Waals surface area contributed by atoms with E-state index in [0.717, 1.165) is 12.1 Å². The van der Waals surface area contributed by atoms with Crippen molar-refractivity contribution in [2.75, 3.05) is 33.2 Å². The van der Waals surface area contributed by atoms with Crippen molar-refractivity contribution in [3.05, 3.63) is 18.0 Å². The minimum atomic E-state index is 0.0582. The first-order valence-electron chi connectivity index (χ1n) is 7.27. The van der Waals surface area contributed by atoms with Crippen molar-refractivity contribution in [1.29, 1.82) is 0 Å². The van der Waals surface area contributed by atoms with Crippen molar-refractivity contribution >= 4 is 0 Å². The lowest BCUT2D eigenvalue weighted by Gasteiger charge is -2.37. The summed E-state index contributed by atoms with van der Waals surface area (Å²) in [4.78, 5) is 4.94. The van der Waals surface area contributed by atoms with Crippen LogP contribution in [-0.4, -0.2) is 58.8 Å². The molecule has 1 aliphatic heterocycles. The Labute approximate surface area is 116 Å². The average molecular weight is 265 g/mol. The monoisotopic (exact) mass is 265 g/mol. The number of hydrogen-bond acceptors (Lipinski definition) is 4. The molecule has 2 heterocycles. The lowest BCUT2D eigenvalue weighted by atomic mass is 10.0. The van der Waals surface area contributed by atoms with Gasteiger partial charge in [0.25, 0.3) is 0 Å². The molecule has 0 radical (unpaired) electrons. The number of aromatic nitrogens is 2. The third-order valence-electron chi connectivity index (χ3n) is 4.27. The van der Waals surface area contributed by atoms with Gasteiger partial charge in [-0.1, -0.05) is 6.92 Å². The van der Waals surface area contributed by atoms with E-state index < -0.39 is 0 Å². The fraction of sp³-hybridized carbons (Fsp3) is 0.786. The minimum Gasteiger partial charge on any atom is -0.323 e. The highest BCUT2D eigenvalue weighted by atomic mass is 15.2. The summed E-state index contributed by atoms with van der Waals surface area (Å²) in [6.45, 7) is 6.75. The molecule has 1 unspecified atom stereocenters. The van der Waals surface area contributed by atoms with E-state index in [-0.39, 0.29) is 6.04 Å². The molecule has 5 nitrogen and oxygen atoms in total. The van der Waals surface area contributed by atoms with Crippen LogP contribution in [0, 0.1) is 0 Å². The third-order valence-corrected chi connectivity index (χ3v) is 4.27. The molecule has 0 amide bonds. The topological polar surface area (TPSA) is 50.3 Å². The van der Waals surface area contributed by atoms with Crippen molar-refractivity contribution in [2.45, 2.75) is 31.8 Å². The molecule has 0 bridgehead atoms. The number of likely N-dealkylation sites (N-methyl/N-ethyl adjacent to an activating group) is 1. The molecule has 1 saturated heterocycles. The Morgan fingerprint density at radius 1 is 1.47 bits per heavy atom.